The van der Waals surface area contributed by atoms with Gasteiger partial charge in [-0.2, -0.15) is 5.26 Å². The number of nitriles is 1. The highest BCUT2D eigenvalue weighted by molar-refractivity contribution is 5.89. The van der Waals surface area contributed by atoms with Gasteiger partial charge in [-0.1, -0.05) is 48.0 Å². The molecule has 0 saturated carbocycles. The Kier molecular flexibility index (Phi) is 4.17. The van der Waals surface area contributed by atoms with Crippen molar-refractivity contribution >= 4 is 5.97 Å². The van der Waals surface area contributed by atoms with Crippen molar-refractivity contribution in [2.24, 2.45) is 0 Å². The Morgan fingerprint density at radius 1 is 1.20 bits per heavy atom. The summed E-state index contributed by atoms with van der Waals surface area (Å²) in [5.41, 5.74) is 3.00. The number of aryl methyl sites for hydroxylation is 1. The molecule has 2 rings (SSSR count). The molecule has 1 unspecified atom stereocenters. The molecule has 1 N–H and O–H groups in total. The fourth-order valence-electron chi connectivity index (χ4n) is 2.16. The van der Waals surface area contributed by atoms with Crippen LogP contribution in [0.5, 0.6) is 0 Å². The van der Waals surface area contributed by atoms with Gasteiger partial charge in [-0.25, -0.2) is 4.79 Å². The van der Waals surface area contributed by atoms with Crippen LogP contribution in [0.2, 0.25) is 0 Å². The minimum atomic E-state index is -0.957. The maximum absolute atomic E-state index is 11.2. The lowest BCUT2D eigenvalue weighted by atomic mass is 9.90. The van der Waals surface area contributed by atoms with Gasteiger partial charge >= 0.3 is 5.97 Å². The predicted octanol–water partition coefficient (Wildman–Crippen LogP) is 3.54. The molecule has 0 aliphatic heterocycles. The SMILES string of the molecule is Cc1ccc(C(C#N)Cc2ccccc2C(=O)O)cc1. The van der Waals surface area contributed by atoms with Crippen LogP contribution in [0, 0.1) is 18.3 Å². The molecule has 0 spiro atoms. The molecule has 0 amide bonds. The fraction of sp³-hybridized carbons (Fsp3) is 0.176. The zero-order chi connectivity index (χ0) is 14.5. The van der Waals surface area contributed by atoms with Gasteiger partial charge in [0.05, 0.1) is 17.6 Å². The van der Waals surface area contributed by atoms with E-state index in [0.29, 0.717) is 12.0 Å². The number of carbonyl (C=O) groups is 1. The van der Waals surface area contributed by atoms with Gasteiger partial charge in [-0.05, 0) is 30.5 Å². The highest BCUT2D eigenvalue weighted by Crippen LogP contribution is 2.22. The first-order valence-electron chi connectivity index (χ1n) is 6.39. The smallest absolute Gasteiger partial charge is 0.335 e. The second kappa shape index (κ2) is 6.03. The first-order valence-corrected chi connectivity index (χ1v) is 6.39. The van der Waals surface area contributed by atoms with Gasteiger partial charge in [0.25, 0.3) is 0 Å². The van der Waals surface area contributed by atoms with Crippen molar-refractivity contribution in [3.63, 3.8) is 0 Å². The van der Waals surface area contributed by atoms with Gasteiger partial charge in [0.1, 0.15) is 0 Å². The molecule has 100 valence electrons. The van der Waals surface area contributed by atoms with Crippen molar-refractivity contribution in [2.75, 3.05) is 0 Å². The minimum absolute atomic E-state index is 0.264. The van der Waals surface area contributed by atoms with Gasteiger partial charge in [0.15, 0.2) is 0 Å². The summed E-state index contributed by atoms with van der Waals surface area (Å²) in [5, 5.41) is 18.5. The van der Waals surface area contributed by atoms with Crippen LogP contribution in [0.1, 0.15) is 33.0 Å². The maximum Gasteiger partial charge on any atom is 0.335 e. The van der Waals surface area contributed by atoms with Crippen molar-refractivity contribution in [3.8, 4) is 6.07 Å². The average Bonchev–Trinajstić information content (AvgIpc) is 2.46. The Morgan fingerprint density at radius 2 is 1.85 bits per heavy atom. The number of nitrogens with zero attached hydrogens (tertiary/aromatic N) is 1. The summed E-state index contributed by atoms with van der Waals surface area (Å²) in [7, 11) is 0. The number of aromatic carboxylic acids is 1. The zero-order valence-electron chi connectivity index (χ0n) is 11.2. The molecule has 0 heterocycles. The lowest BCUT2D eigenvalue weighted by Gasteiger charge is -2.12. The van der Waals surface area contributed by atoms with E-state index < -0.39 is 5.97 Å². The fourth-order valence-corrected chi connectivity index (χ4v) is 2.16. The number of hydrogen-bond acceptors (Lipinski definition) is 2. The first-order chi connectivity index (χ1) is 9.61. The van der Waals surface area contributed by atoms with E-state index in [0.717, 1.165) is 11.1 Å². The average molecular weight is 265 g/mol. The van der Waals surface area contributed by atoms with Crippen LogP contribution in [-0.2, 0) is 6.42 Å². The largest absolute Gasteiger partial charge is 0.478 e. The quantitative estimate of drug-likeness (QED) is 0.919. The van der Waals surface area contributed by atoms with Gasteiger partial charge in [-0.15, -0.1) is 0 Å². The van der Waals surface area contributed by atoms with Crippen LogP contribution in [-0.4, -0.2) is 11.1 Å². The van der Waals surface area contributed by atoms with E-state index in [1.54, 1.807) is 24.3 Å². The van der Waals surface area contributed by atoms with Crippen molar-refractivity contribution in [1.82, 2.24) is 0 Å². The molecule has 0 aliphatic rings. The lowest BCUT2D eigenvalue weighted by Crippen LogP contribution is -2.07. The number of rotatable bonds is 4. The maximum atomic E-state index is 11.2. The summed E-state index contributed by atoms with van der Waals surface area (Å²) >= 11 is 0. The number of hydrogen-bond donors (Lipinski definition) is 1. The van der Waals surface area contributed by atoms with Crippen molar-refractivity contribution in [2.45, 2.75) is 19.3 Å². The van der Waals surface area contributed by atoms with E-state index in [1.807, 2.05) is 31.2 Å². The number of carboxylic acid groups (broad SMARTS) is 1. The third kappa shape index (κ3) is 3.04. The highest BCUT2D eigenvalue weighted by Gasteiger charge is 2.16. The third-order valence-corrected chi connectivity index (χ3v) is 3.31. The molecule has 0 bridgehead atoms. The Hall–Kier alpha value is -2.60. The Morgan fingerprint density at radius 3 is 2.45 bits per heavy atom. The summed E-state index contributed by atoms with van der Waals surface area (Å²) in [5.74, 6) is -1.29. The molecule has 3 heteroatoms. The molecular formula is C17H15NO2. The molecule has 2 aromatic carbocycles. The monoisotopic (exact) mass is 265 g/mol. The van der Waals surface area contributed by atoms with E-state index >= 15 is 0 Å². The van der Waals surface area contributed by atoms with E-state index in [4.69, 9.17) is 0 Å². The van der Waals surface area contributed by atoms with E-state index in [1.165, 1.54) is 0 Å². The normalized spacial score (nSPS) is 11.6. The summed E-state index contributed by atoms with van der Waals surface area (Å²) in [6.07, 6.45) is 0.405. The Bertz CT molecular complexity index is 653. The van der Waals surface area contributed by atoms with Crippen LogP contribution >= 0.6 is 0 Å². The molecule has 0 aromatic heterocycles. The van der Waals surface area contributed by atoms with Crippen LogP contribution in [0.4, 0.5) is 0 Å². The second-order valence-electron chi connectivity index (χ2n) is 4.76. The van der Waals surface area contributed by atoms with Crippen LogP contribution < -0.4 is 0 Å². The van der Waals surface area contributed by atoms with Crippen LogP contribution in [0.15, 0.2) is 48.5 Å². The lowest BCUT2D eigenvalue weighted by molar-refractivity contribution is 0.0695. The molecular weight excluding hydrogens is 250 g/mol. The van der Waals surface area contributed by atoms with Gasteiger partial charge in [0.2, 0.25) is 0 Å². The topological polar surface area (TPSA) is 61.1 Å². The zero-order valence-corrected chi connectivity index (χ0v) is 11.2. The first kappa shape index (κ1) is 13.8. The van der Waals surface area contributed by atoms with Crippen LogP contribution in [0.25, 0.3) is 0 Å². The standard InChI is InChI=1S/C17H15NO2/c1-12-6-8-13(9-7-12)15(11-18)10-14-4-2-3-5-16(14)17(19)20/h2-9,15H,10H2,1H3,(H,19,20). The summed E-state index contributed by atoms with van der Waals surface area (Å²) < 4.78 is 0. The second-order valence-corrected chi connectivity index (χ2v) is 4.76. The van der Waals surface area contributed by atoms with Gasteiger partial charge in [0, 0.05) is 0 Å². The molecule has 0 saturated heterocycles. The summed E-state index contributed by atoms with van der Waals surface area (Å²) in [6.45, 7) is 1.99. The van der Waals surface area contributed by atoms with Gasteiger partial charge in [-0.3, -0.25) is 0 Å². The van der Waals surface area contributed by atoms with Crippen molar-refractivity contribution in [3.05, 3.63) is 70.8 Å². The number of benzene rings is 2. The van der Waals surface area contributed by atoms with Crippen LogP contribution in [0.3, 0.4) is 0 Å². The van der Waals surface area contributed by atoms with Gasteiger partial charge < -0.3 is 5.11 Å². The molecule has 2 aromatic rings. The number of carboxylic acids is 1. The predicted molar refractivity (Wildman–Crippen MR) is 76.6 cm³/mol. The third-order valence-electron chi connectivity index (χ3n) is 3.31. The van der Waals surface area contributed by atoms with E-state index in [2.05, 4.69) is 6.07 Å². The summed E-state index contributed by atoms with van der Waals surface area (Å²) in [4.78, 5) is 11.2. The molecule has 0 radical (unpaired) electrons. The highest BCUT2D eigenvalue weighted by atomic mass is 16.4. The molecule has 20 heavy (non-hydrogen) atoms. The molecule has 1 atom stereocenters. The molecule has 0 aliphatic carbocycles. The van der Waals surface area contributed by atoms with E-state index in [9.17, 15) is 15.2 Å². The molecule has 0 fully saturated rings. The Balaban J connectivity index is 2.30. The van der Waals surface area contributed by atoms with E-state index in [-0.39, 0.29) is 11.5 Å². The summed E-state index contributed by atoms with van der Waals surface area (Å²) in [6, 6.07) is 16.9. The molecule has 3 nitrogen and oxygen atoms in total. The van der Waals surface area contributed by atoms with Crippen molar-refractivity contribution < 1.29 is 9.90 Å². The minimum Gasteiger partial charge on any atom is -0.478 e. The Labute approximate surface area is 118 Å². The van der Waals surface area contributed by atoms with Crippen molar-refractivity contribution in [1.29, 1.82) is 5.26 Å².